The van der Waals surface area contributed by atoms with Crippen molar-refractivity contribution in [2.75, 3.05) is 11.0 Å². The van der Waals surface area contributed by atoms with E-state index in [1.807, 2.05) is 26.8 Å². The molecule has 0 aliphatic carbocycles. The van der Waals surface area contributed by atoms with Crippen molar-refractivity contribution in [3.8, 4) is 0 Å². The number of nitrogens with one attached hydrogen (secondary N) is 1. The Morgan fingerprint density at radius 1 is 1.30 bits per heavy atom. The van der Waals surface area contributed by atoms with E-state index in [4.69, 9.17) is 5.73 Å². The lowest BCUT2D eigenvalue weighted by atomic mass is 9.88. The van der Waals surface area contributed by atoms with Crippen molar-refractivity contribution in [2.24, 2.45) is 0 Å². The zero-order valence-corrected chi connectivity index (χ0v) is 14.1. The molecule has 0 atom stereocenters. The lowest BCUT2D eigenvalue weighted by Gasteiger charge is -2.20. The van der Waals surface area contributed by atoms with Crippen molar-refractivity contribution in [1.82, 2.24) is 9.78 Å². The van der Waals surface area contributed by atoms with Crippen LogP contribution in [0.25, 0.3) is 0 Å². The number of aromatic nitrogens is 2. The van der Waals surface area contributed by atoms with Gasteiger partial charge in [0.1, 0.15) is 11.6 Å². The fraction of sp³-hybridized carbons (Fsp3) is 0.438. The SMILES string of the molecule is CB(O)Nc1ccc(F)c(CCc2cc(N)n(C(C)(C)C)n2)c1. The zero-order chi connectivity index (χ0) is 17.2. The largest absolute Gasteiger partial charge is 0.433 e. The molecule has 1 aromatic carbocycles. The molecule has 0 saturated carbocycles. The molecule has 4 N–H and O–H groups in total. The highest BCUT2D eigenvalue weighted by Crippen LogP contribution is 2.21. The monoisotopic (exact) mass is 318 g/mol. The van der Waals surface area contributed by atoms with Gasteiger partial charge in [-0.3, -0.25) is 0 Å². The summed E-state index contributed by atoms with van der Waals surface area (Å²) >= 11 is 0. The number of aryl methyl sites for hydroxylation is 2. The maximum atomic E-state index is 13.9. The minimum atomic E-state index is -0.685. The normalized spacial score (nSPS) is 11.6. The molecule has 0 saturated heterocycles. The number of anilines is 2. The topological polar surface area (TPSA) is 76.1 Å². The molecule has 0 fully saturated rings. The van der Waals surface area contributed by atoms with Crippen LogP contribution in [0.1, 0.15) is 32.0 Å². The number of hydrogen-bond donors (Lipinski definition) is 3. The molecule has 0 radical (unpaired) electrons. The molecular formula is C16H24BFN4O. The second-order valence-electron chi connectivity index (χ2n) is 6.77. The average molecular weight is 318 g/mol. The third-order valence-corrected chi connectivity index (χ3v) is 3.49. The molecule has 124 valence electrons. The molecule has 0 amide bonds. The molecule has 0 aliphatic heterocycles. The summed E-state index contributed by atoms with van der Waals surface area (Å²) in [4.78, 5) is 0. The Bertz CT molecular complexity index is 679. The van der Waals surface area contributed by atoms with Crippen LogP contribution < -0.4 is 11.0 Å². The average Bonchev–Trinajstić information content (AvgIpc) is 2.80. The molecule has 0 spiro atoms. The molecule has 2 rings (SSSR count). The van der Waals surface area contributed by atoms with E-state index < -0.39 is 7.05 Å². The molecular weight excluding hydrogens is 294 g/mol. The van der Waals surface area contributed by atoms with Gasteiger partial charge in [-0.05, 0) is 64.2 Å². The van der Waals surface area contributed by atoms with Gasteiger partial charge >= 0.3 is 7.05 Å². The second-order valence-corrected chi connectivity index (χ2v) is 6.77. The van der Waals surface area contributed by atoms with Crippen LogP contribution in [-0.2, 0) is 18.4 Å². The molecule has 7 heteroatoms. The van der Waals surface area contributed by atoms with Crippen LogP contribution in [0, 0.1) is 5.82 Å². The molecule has 23 heavy (non-hydrogen) atoms. The summed E-state index contributed by atoms with van der Waals surface area (Å²) in [7, 11) is -0.685. The number of nitrogen functional groups attached to an aromatic ring is 1. The Kier molecular flexibility index (Phi) is 4.99. The number of nitrogens with zero attached hydrogens (tertiary/aromatic N) is 2. The number of benzene rings is 1. The summed E-state index contributed by atoms with van der Waals surface area (Å²) in [5, 5.41) is 16.7. The third kappa shape index (κ3) is 4.48. The molecule has 1 aromatic heterocycles. The van der Waals surface area contributed by atoms with E-state index in [-0.39, 0.29) is 11.4 Å². The fourth-order valence-electron chi connectivity index (χ4n) is 2.47. The maximum Gasteiger partial charge on any atom is 0.406 e. The van der Waals surface area contributed by atoms with Crippen LogP contribution in [0.4, 0.5) is 15.9 Å². The summed E-state index contributed by atoms with van der Waals surface area (Å²) in [6, 6.07) is 6.56. The lowest BCUT2D eigenvalue weighted by molar-refractivity contribution is 0.359. The molecule has 1 heterocycles. The number of rotatable bonds is 5. The predicted octanol–water partition coefficient (Wildman–Crippen LogP) is 2.67. The minimum absolute atomic E-state index is 0.186. The number of hydrogen-bond acceptors (Lipinski definition) is 4. The summed E-state index contributed by atoms with van der Waals surface area (Å²) in [6.07, 6.45) is 1.12. The fourth-order valence-corrected chi connectivity index (χ4v) is 2.47. The molecule has 0 aliphatic rings. The Labute approximate surface area is 136 Å². The van der Waals surface area contributed by atoms with Crippen molar-refractivity contribution < 1.29 is 9.41 Å². The highest BCUT2D eigenvalue weighted by atomic mass is 19.1. The summed E-state index contributed by atoms with van der Waals surface area (Å²) in [5.74, 6) is 0.349. The summed E-state index contributed by atoms with van der Waals surface area (Å²) in [6.45, 7) is 7.71. The van der Waals surface area contributed by atoms with Crippen LogP contribution in [-0.4, -0.2) is 21.9 Å². The molecule has 0 unspecified atom stereocenters. The highest BCUT2D eigenvalue weighted by molar-refractivity contribution is 6.52. The second kappa shape index (κ2) is 6.62. The van der Waals surface area contributed by atoms with Gasteiger partial charge in [0, 0.05) is 11.8 Å². The van der Waals surface area contributed by atoms with E-state index in [1.54, 1.807) is 23.6 Å². The smallest absolute Gasteiger partial charge is 0.406 e. The first-order chi connectivity index (χ1) is 10.7. The van der Waals surface area contributed by atoms with Crippen molar-refractivity contribution >= 4 is 18.6 Å². The first kappa shape index (κ1) is 17.3. The van der Waals surface area contributed by atoms with Gasteiger partial charge in [0.25, 0.3) is 0 Å². The maximum absolute atomic E-state index is 13.9. The standard InChI is InChI=1S/C16H24BFN4O/c1-16(2,3)22-15(19)10-13(21-22)6-5-11-9-12(20-17(4)23)7-8-14(11)18/h7-10,20,23H,5-6,19H2,1-4H3. The van der Waals surface area contributed by atoms with Gasteiger partial charge in [-0.2, -0.15) is 5.10 Å². The zero-order valence-electron chi connectivity index (χ0n) is 14.1. The summed E-state index contributed by atoms with van der Waals surface area (Å²) in [5.41, 5.74) is 7.92. The Hall–Kier alpha value is -2.02. The van der Waals surface area contributed by atoms with Crippen LogP contribution in [0.3, 0.4) is 0 Å². The van der Waals surface area contributed by atoms with Crippen LogP contribution in [0.15, 0.2) is 24.3 Å². The number of nitrogens with two attached hydrogens (primary N) is 1. The van der Waals surface area contributed by atoms with E-state index >= 15 is 0 Å². The van der Waals surface area contributed by atoms with Crippen molar-refractivity contribution in [2.45, 2.75) is 46.0 Å². The van der Waals surface area contributed by atoms with Crippen molar-refractivity contribution in [3.05, 3.63) is 41.3 Å². The quantitative estimate of drug-likeness (QED) is 0.741. The van der Waals surface area contributed by atoms with Gasteiger partial charge in [-0.25, -0.2) is 9.07 Å². The van der Waals surface area contributed by atoms with E-state index in [2.05, 4.69) is 10.3 Å². The molecule has 5 nitrogen and oxygen atoms in total. The van der Waals surface area contributed by atoms with Gasteiger partial charge < -0.3 is 16.0 Å². The summed E-state index contributed by atoms with van der Waals surface area (Å²) < 4.78 is 15.7. The molecule has 0 bridgehead atoms. The first-order valence-corrected chi connectivity index (χ1v) is 7.75. The van der Waals surface area contributed by atoms with Crippen LogP contribution in [0.5, 0.6) is 0 Å². The van der Waals surface area contributed by atoms with Crippen molar-refractivity contribution in [1.29, 1.82) is 0 Å². The first-order valence-electron chi connectivity index (χ1n) is 7.75. The minimum Gasteiger partial charge on any atom is -0.433 e. The third-order valence-electron chi connectivity index (χ3n) is 3.49. The van der Waals surface area contributed by atoms with E-state index in [9.17, 15) is 9.41 Å². The Morgan fingerprint density at radius 3 is 2.57 bits per heavy atom. The molecule has 2 aromatic rings. The number of halogens is 1. The van der Waals surface area contributed by atoms with Crippen molar-refractivity contribution in [3.63, 3.8) is 0 Å². The predicted molar refractivity (Wildman–Crippen MR) is 92.9 cm³/mol. The van der Waals surface area contributed by atoms with E-state index in [0.717, 1.165) is 5.69 Å². The Morgan fingerprint density at radius 2 is 2.00 bits per heavy atom. The van der Waals surface area contributed by atoms with Gasteiger partial charge in [-0.1, -0.05) is 0 Å². The van der Waals surface area contributed by atoms with E-state index in [0.29, 0.717) is 29.9 Å². The Balaban J connectivity index is 2.12. The van der Waals surface area contributed by atoms with Gasteiger partial charge in [0.2, 0.25) is 0 Å². The van der Waals surface area contributed by atoms with Gasteiger partial charge in [-0.15, -0.1) is 0 Å². The van der Waals surface area contributed by atoms with Crippen LogP contribution in [0.2, 0.25) is 6.82 Å². The van der Waals surface area contributed by atoms with Gasteiger partial charge in [0.15, 0.2) is 0 Å². The van der Waals surface area contributed by atoms with Crippen LogP contribution >= 0.6 is 0 Å². The van der Waals surface area contributed by atoms with Gasteiger partial charge in [0.05, 0.1) is 11.2 Å². The lowest BCUT2D eigenvalue weighted by Crippen LogP contribution is -2.24. The highest BCUT2D eigenvalue weighted by Gasteiger charge is 2.18. The van der Waals surface area contributed by atoms with E-state index in [1.165, 1.54) is 6.07 Å².